The maximum Gasteiger partial charge on any atom is 0.234 e. The number of ether oxygens (including phenoxy) is 1. The molecule has 1 aliphatic heterocycles. The molecule has 1 saturated carbocycles. The minimum absolute atomic E-state index is 0.129. The lowest BCUT2D eigenvalue weighted by atomic mass is 9.88. The molecule has 116 valence electrons. The van der Waals surface area contributed by atoms with E-state index in [0.29, 0.717) is 17.3 Å². The largest absolute Gasteiger partial charge is 0.381 e. The van der Waals surface area contributed by atoms with Crippen molar-refractivity contribution >= 4 is 17.7 Å². The smallest absolute Gasteiger partial charge is 0.234 e. The molecular weight excluding hydrogens is 272 g/mol. The highest BCUT2D eigenvalue weighted by molar-refractivity contribution is 8.00. The van der Waals surface area contributed by atoms with Crippen LogP contribution in [0.5, 0.6) is 0 Å². The molecule has 4 nitrogen and oxygen atoms in total. The zero-order valence-corrected chi connectivity index (χ0v) is 13.4. The summed E-state index contributed by atoms with van der Waals surface area (Å²) in [6.45, 7) is 2.94. The third-order valence-electron chi connectivity index (χ3n) is 4.52. The normalized spacial score (nSPS) is 23.4. The second-order valence-electron chi connectivity index (χ2n) is 6.01. The molecule has 0 aromatic rings. The Bertz CT molecular complexity index is 300. The summed E-state index contributed by atoms with van der Waals surface area (Å²) in [4.78, 5) is 11.9. The van der Waals surface area contributed by atoms with Gasteiger partial charge >= 0.3 is 0 Å². The second-order valence-corrected chi connectivity index (χ2v) is 7.28. The zero-order chi connectivity index (χ0) is 14.3. The van der Waals surface area contributed by atoms with E-state index in [1.165, 1.54) is 32.1 Å². The summed E-state index contributed by atoms with van der Waals surface area (Å²) in [5.41, 5.74) is 0. The van der Waals surface area contributed by atoms with E-state index in [-0.39, 0.29) is 5.91 Å². The number of hydrogen-bond donors (Lipinski definition) is 2. The average Bonchev–Trinajstić information content (AvgIpc) is 2.49. The molecule has 1 heterocycles. The monoisotopic (exact) mass is 300 g/mol. The van der Waals surface area contributed by atoms with E-state index < -0.39 is 0 Å². The molecule has 5 heteroatoms. The number of carbonyl (C=O) groups is 1. The first-order chi connectivity index (χ1) is 9.74. The summed E-state index contributed by atoms with van der Waals surface area (Å²) in [6.07, 6.45) is 10.7. The molecule has 2 N–H and O–H groups in total. The molecule has 0 bridgehead atoms. The van der Waals surface area contributed by atoms with Crippen molar-refractivity contribution in [1.82, 2.24) is 10.6 Å². The molecule has 2 fully saturated rings. The number of hydrogen-bond acceptors (Lipinski definition) is 4. The van der Waals surface area contributed by atoms with Crippen LogP contribution in [-0.4, -0.2) is 49.3 Å². The first-order valence-electron chi connectivity index (χ1n) is 7.87. The molecule has 0 aromatic carbocycles. The van der Waals surface area contributed by atoms with E-state index in [9.17, 15) is 4.79 Å². The predicted molar refractivity (Wildman–Crippen MR) is 84.2 cm³/mol. The first kappa shape index (κ1) is 16.1. The third-order valence-corrected chi connectivity index (χ3v) is 5.94. The second kappa shape index (κ2) is 8.25. The van der Waals surface area contributed by atoms with E-state index in [1.54, 1.807) is 0 Å². The maximum absolute atomic E-state index is 11.9. The Morgan fingerprint density at radius 2 is 1.95 bits per heavy atom. The van der Waals surface area contributed by atoms with Crippen molar-refractivity contribution in [3.63, 3.8) is 0 Å². The van der Waals surface area contributed by atoms with Gasteiger partial charge in [-0.15, -0.1) is 0 Å². The van der Waals surface area contributed by atoms with Gasteiger partial charge in [0, 0.05) is 30.5 Å². The lowest BCUT2D eigenvalue weighted by Gasteiger charge is -2.36. The van der Waals surface area contributed by atoms with E-state index in [4.69, 9.17) is 4.74 Å². The number of amides is 1. The molecule has 0 atom stereocenters. The van der Waals surface area contributed by atoms with E-state index >= 15 is 0 Å². The van der Waals surface area contributed by atoms with Crippen molar-refractivity contribution in [2.45, 2.75) is 55.7 Å². The third kappa shape index (κ3) is 4.93. The lowest BCUT2D eigenvalue weighted by molar-refractivity contribution is -0.121. The van der Waals surface area contributed by atoms with Crippen LogP contribution in [0.15, 0.2) is 0 Å². The number of rotatable bonds is 6. The molecular formula is C15H28N2O2S. The van der Waals surface area contributed by atoms with Gasteiger partial charge in [0.2, 0.25) is 5.91 Å². The molecule has 0 aromatic heterocycles. The Balaban J connectivity index is 1.64. The Kier molecular flexibility index (Phi) is 6.65. The average molecular weight is 300 g/mol. The zero-order valence-electron chi connectivity index (χ0n) is 12.6. The van der Waals surface area contributed by atoms with Gasteiger partial charge in [0.15, 0.2) is 0 Å². The van der Waals surface area contributed by atoms with Crippen LogP contribution in [0.2, 0.25) is 0 Å². The summed E-state index contributed by atoms with van der Waals surface area (Å²) in [6, 6.07) is 0.308. The highest BCUT2D eigenvalue weighted by Crippen LogP contribution is 2.37. The molecule has 1 aliphatic carbocycles. The highest BCUT2D eigenvalue weighted by atomic mass is 32.2. The molecule has 1 saturated heterocycles. The Morgan fingerprint density at radius 1 is 1.25 bits per heavy atom. The van der Waals surface area contributed by atoms with Crippen LogP contribution >= 0.6 is 11.8 Å². The van der Waals surface area contributed by atoms with Crippen molar-refractivity contribution in [1.29, 1.82) is 0 Å². The summed E-state index contributed by atoms with van der Waals surface area (Å²) >= 11 is 1.97. The Labute approximate surface area is 126 Å². The summed E-state index contributed by atoms with van der Waals surface area (Å²) in [5, 5.41) is 6.47. The molecule has 2 aliphatic rings. The molecule has 0 radical (unpaired) electrons. The quantitative estimate of drug-likeness (QED) is 0.787. The number of nitrogens with one attached hydrogen (secondary N) is 2. The van der Waals surface area contributed by atoms with Crippen molar-refractivity contribution < 1.29 is 9.53 Å². The first-order valence-corrected chi connectivity index (χ1v) is 9.10. The molecule has 20 heavy (non-hydrogen) atoms. The van der Waals surface area contributed by atoms with Crippen LogP contribution in [0.1, 0.15) is 44.9 Å². The van der Waals surface area contributed by atoms with E-state index in [1.807, 2.05) is 11.8 Å². The molecule has 0 unspecified atom stereocenters. The molecule has 0 spiro atoms. The fourth-order valence-electron chi connectivity index (χ4n) is 3.17. The standard InChI is InChI=1S/C15H28N2O2S/c1-20-15(7-3-2-4-8-15)12-16-11-14(18)17-13-5-9-19-10-6-13/h13,16H,2-12H2,1H3,(H,17,18). The Hall–Kier alpha value is -0.260. The van der Waals surface area contributed by atoms with Gasteiger partial charge in [-0.25, -0.2) is 0 Å². The topological polar surface area (TPSA) is 50.4 Å². The molecule has 1 amide bonds. The van der Waals surface area contributed by atoms with Gasteiger partial charge in [-0.2, -0.15) is 11.8 Å². The minimum atomic E-state index is 0.129. The fourth-order valence-corrected chi connectivity index (χ4v) is 4.12. The Morgan fingerprint density at radius 3 is 2.60 bits per heavy atom. The summed E-state index contributed by atoms with van der Waals surface area (Å²) < 4.78 is 5.66. The van der Waals surface area contributed by atoms with Gasteiger partial charge in [-0.05, 0) is 31.9 Å². The minimum Gasteiger partial charge on any atom is -0.381 e. The SMILES string of the molecule is CSC1(CNCC(=O)NC2CCOCC2)CCCCC1. The van der Waals surface area contributed by atoms with Gasteiger partial charge in [0.25, 0.3) is 0 Å². The van der Waals surface area contributed by atoms with Crippen LogP contribution in [0.25, 0.3) is 0 Å². The van der Waals surface area contributed by atoms with Crippen LogP contribution in [0.4, 0.5) is 0 Å². The van der Waals surface area contributed by atoms with Crippen LogP contribution in [-0.2, 0) is 9.53 Å². The van der Waals surface area contributed by atoms with Crippen LogP contribution in [0, 0.1) is 0 Å². The number of thioether (sulfide) groups is 1. The predicted octanol–water partition coefficient (Wildman–Crippen LogP) is 1.94. The summed E-state index contributed by atoms with van der Waals surface area (Å²) in [7, 11) is 0. The fraction of sp³-hybridized carbons (Fsp3) is 0.933. The highest BCUT2D eigenvalue weighted by Gasteiger charge is 2.30. The number of carbonyl (C=O) groups excluding carboxylic acids is 1. The molecule has 2 rings (SSSR count). The van der Waals surface area contributed by atoms with Crippen LogP contribution in [0.3, 0.4) is 0 Å². The summed E-state index contributed by atoms with van der Waals surface area (Å²) in [5.74, 6) is 0.129. The van der Waals surface area contributed by atoms with Gasteiger partial charge in [0.1, 0.15) is 0 Å². The van der Waals surface area contributed by atoms with Crippen LogP contribution < -0.4 is 10.6 Å². The van der Waals surface area contributed by atoms with Gasteiger partial charge in [-0.3, -0.25) is 4.79 Å². The van der Waals surface area contributed by atoms with Crippen molar-refractivity contribution in [2.24, 2.45) is 0 Å². The van der Waals surface area contributed by atoms with E-state index in [0.717, 1.165) is 32.6 Å². The van der Waals surface area contributed by atoms with Crippen molar-refractivity contribution in [3.8, 4) is 0 Å². The van der Waals surface area contributed by atoms with E-state index in [2.05, 4.69) is 16.9 Å². The van der Waals surface area contributed by atoms with Crippen molar-refractivity contribution in [3.05, 3.63) is 0 Å². The van der Waals surface area contributed by atoms with Gasteiger partial charge in [0.05, 0.1) is 6.54 Å². The lowest BCUT2D eigenvalue weighted by Crippen LogP contribution is -2.46. The van der Waals surface area contributed by atoms with Gasteiger partial charge < -0.3 is 15.4 Å². The van der Waals surface area contributed by atoms with Gasteiger partial charge in [-0.1, -0.05) is 19.3 Å². The van der Waals surface area contributed by atoms with Crippen molar-refractivity contribution in [2.75, 3.05) is 32.6 Å². The maximum atomic E-state index is 11.9.